The van der Waals surface area contributed by atoms with Crippen LogP contribution in [0.1, 0.15) is 31.0 Å². The molecule has 0 aliphatic carbocycles. The Hall–Kier alpha value is -1.95. The first-order chi connectivity index (χ1) is 9.40. The third kappa shape index (κ3) is 2.80. The molecule has 0 amide bonds. The van der Waals surface area contributed by atoms with E-state index in [4.69, 9.17) is 18.0 Å². The number of imidazole rings is 1. The molecule has 2 aromatic rings. The Morgan fingerprint density at radius 3 is 2.65 bits per heavy atom. The fourth-order valence-electron chi connectivity index (χ4n) is 2.04. The fourth-order valence-corrected chi connectivity index (χ4v) is 2.23. The first-order valence-electron chi connectivity index (χ1n) is 6.25. The molecule has 1 aromatic heterocycles. The predicted octanol–water partition coefficient (Wildman–Crippen LogP) is 2.05. The minimum Gasteiger partial charge on any atom is -0.389 e. The second kappa shape index (κ2) is 5.58. The van der Waals surface area contributed by atoms with Gasteiger partial charge in [0.2, 0.25) is 0 Å². The number of hydrogen-bond donors (Lipinski definition) is 1. The van der Waals surface area contributed by atoms with Crippen LogP contribution >= 0.6 is 12.2 Å². The van der Waals surface area contributed by atoms with Crippen LogP contribution in [0.3, 0.4) is 0 Å². The van der Waals surface area contributed by atoms with Gasteiger partial charge in [0.05, 0.1) is 6.54 Å². The third-order valence-electron chi connectivity index (χ3n) is 3.11. The number of halogens is 1. The van der Waals surface area contributed by atoms with Gasteiger partial charge >= 0.3 is 5.69 Å². The summed E-state index contributed by atoms with van der Waals surface area (Å²) in [6, 6.07) is 4.32. The molecule has 0 saturated carbocycles. The Bertz CT molecular complexity index is 703. The summed E-state index contributed by atoms with van der Waals surface area (Å²) in [5.41, 5.74) is 6.67. The fraction of sp³-hybridized carbons (Fsp3) is 0.286. The van der Waals surface area contributed by atoms with E-state index in [1.165, 1.54) is 12.1 Å². The van der Waals surface area contributed by atoms with Crippen LogP contribution in [0.5, 0.6) is 0 Å². The molecule has 4 nitrogen and oxygen atoms in total. The number of thiocarbonyl (C=S) groups is 1. The van der Waals surface area contributed by atoms with Gasteiger partial charge in [0.1, 0.15) is 10.8 Å². The van der Waals surface area contributed by atoms with Crippen molar-refractivity contribution in [2.45, 2.75) is 26.4 Å². The van der Waals surface area contributed by atoms with E-state index in [0.717, 1.165) is 5.56 Å². The highest BCUT2D eigenvalue weighted by molar-refractivity contribution is 7.80. The number of nitrogens with zero attached hydrogens (tertiary/aromatic N) is 2. The molecular formula is C14H16FN3OS. The molecule has 0 radical (unpaired) electrons. The molecule has 0 aliphatic heterocycles. The predicted molar refractivity (Wildman–Crippen MR) is 80.5 cm³/mol. The lowest BCUT2D eigenvalue weighted by atomic mass is 10.1. The zero-order valence-corrected chi connectivity index (χ0v) is 12.2. The Morgan fingerprint density at radius 1 is 1.40 bits per heavy atom. The van der Waals surface area contributed by atoms with Crippen molar-refractivity contribution >= 4 is 17.2 Å². The quantitative estimate of drug-likeness (QED) is 0.878. The molecule has 0 aliphatic rings. The summed E-state index contributed by atoms with van der Waals surface area (Å²) in [5, 5.41) is 0. The number of hydrogen-bond acceptors (Lipinski definition) is 2. The van der Waals surface area contributed by atoms with Crippen LogP contribution in [-0.2, 0) is 6.54 Å². The minimum atomic E-state index is -0.399. The van der Waals surface area contributed by atoms with E-state index in [0.29, 0.717) is 12.1 Å². The molecule has 1 heterocycles. The zero-order chi connectivity index (χ0) is 14.9. The maximum atomic E-state index is 13.2. The van der Waals surface area contributed by atoms with Gasteiger partial charge in [-0.1, -0.05) is 18.3 Å². The summed E-state index contributed by atoms with van der Waals surface area (Å²) in [6.45, 7) is 4.18. The lowest BCUT2D eigenvalue weighted by Crippen LogP contribution is -2.26. The summed E-state index contributed by atoms with van der Waals surface area (Å²) in [5.74, 6) is -0.399. The smallest absolute Gasteiger partial charge is 0.328 e. The van der Waals surface area contributed by atoms with Crippen LogP contribution in [0.25, 0.3) is 0 Å². The van der Waals surface area contributed by atoms with Gasteiger partial charge in [-0.3, -0.25) is 9.13 Å². The summed E-state index contributed by atoms with van der Waals surface area (Å²) >= 11 is 4.92. The molecule has 1 aromatic carbocycles. The molecule has 2 rings (SSSR count). The van der Waals surface area contributed by atoms with Gasteiger partial charge in [-0.15, -0.1) is 0 Å². The summed E-state index contributed by atoms with van der Waals surface area (Å²) in [4.78, 5) is 12.3. The molecule has 2 N–H and O–H groups in total. The topological polar surface area (TPSA) is 52.9 Å². The summed E-state index contributed by atoms with van der Waals surface area (Å²) in [6.07, 6.45) is 3.44. The number of benzene rings is 1. The average Bonchev–Trinajstić information content (AvgIpc) is 2.73. The standard InChI is InChI=1S/C14H16FN3OS/c1-9(2)18-6-5-17(14(18)19)8-10-3-4-11(15)7-12(10)13(16)20/h3-7,9H,8H2,1-2H3,(H2,16,20). The first-order valence-corrected chi connectivity index (χ1v) is 6.66. The molecule has 0 bridgehead atoms. The van der Waals surface area contributed by atoms with Crippen LogP contribution in [0.2, 0.25) is 0 Å². The van der Waals surface area contributed by atoms with Crippen molar-refractivity contribution in [3.05, 3.63) is 58.0 Å². The van der Waals surface area contributed by atoms with E-state index in [1.807, 2.05) is 13.8 Å². The molecule has 0 fully saturated rings. The van der Waals surface area contributed by atoms with Crippen LogP contribution in [-0.4, -0.2) is 14.1 Å². The van der Waals surface area contributed by atoms with Crippen molar-refractivity contribution in [3.63, 3.8) is 0 Å². The van der Waals surface area contributed by atoms with Crippen LogP contribution < -0.4 is 11.4 Å². The van der Waals surface area contributed by atoms with Gasteiger partial charge in [0.25, 0.3) is 0 Å². The van der Waals surface area contributed by atoms with E-state index in [2.05, 4.69) is 0 Å². The van der Waals surface area contributed by atoms with Gasteiger partial charge in [-0.2, -0.15) is 0 Å². The Labute approximate surface area is 121 Å². The lowest BCUT2D eigenvalue weighted by molar-refractivity contribution is 0.561. The normalized spacial score (nSPS) is 11.0. The highest BCUT2D eigenvalue weighted by Gasteiger charge is 2.11. The monoisotopic (exact) mass is 293 g/mol. The van der Waals surface area contributed by atoms with Crippen molar-refractivity contribution in [2.24, 2.45) is 5.73 Å². The van der Waals surface area contributed by atoms with Crippen LogP contribution in [0.15, 0.2) is 35.4 Å². The van der Waals surface area contributed by atoms with Gasteiger partial charge in [0, 0.05) is 24.0 Å². The Morgan fingerprint density at radius 2 is 2.10 bits per heavy atom. The highest BCUT2D eigenvalue weighted by Crippen LogP contribution is 2.13. The van der Waals surface area contributed by atoms with E-state index in [9.17, 15) is 9.18 Å². The molecular weight excluding hydrogens is 277 g/mol. The van der Waals surface area contributed by atoms with E-state index in [1.54, 1.807) is 27.6 Å². The Kier molecular flexibility index (Phi) is 4.04. The molecule has 106 valence electrons. The van der Waals surface area contributed by atoms with Gasteiger partial charge < -0.3 is 5.73 Å². The first kappa shape index (κ1) is 14.5. The van der Waals surface area contributed by atoms with E-state index in [-0.39, 0.29) is 16.7 Å². The van der Waals surface area contributed by atoms with Crippen molar-refractivity contribution in [3.8, 4) is 0 Å². The third-order valence-corrected chi connectivity index (χ3v) is 3.33. The van der Waals surface area contributed by atoms with Crippen molar-refractivity contribution in [1.29, 1.82) is 0 Å². The van der Waals surface area contributed by atoms with Crippen molar-refractivity contribution in [2.75, 3.05) is 0 Å². The lowest BCUT2D eigenvalue weighted by Gasteiger charge is -2.09. The van der Waals surface area contributed by atoms with E-state index < -0.39 is 5.82 Å². The maximum absolute atomic E-state index is 13.2. The van der Waals surface area contributed by atoms with Gasteiger partial charge in [-0.05, 0) is 31.5 Å². The Balaban J connectivity index is 2.40. The maximum Gasteiger partial charge on any atom is 0.328 e. The second-order valence-corrected chi connectivity index (χ2v) is 5.32. The molecule has 0 saturated heterocycles. The SMILES string of the molecule is CC(C)n1ccn(Cc2ccc(F)cc2C(N)=S)c1=O. The number of nitrogens with two attached hydrogens (primary N) is 1. The van der Waals surface area contributed by atoms with E-state index >= 15 is 0 Å². The van der Waals surface area contributed by atoms with Crippen molar-refractivity contribution < 1.29 is 4.39 Å². The summed E-state index contributed by atoms with van der Waals surface area (Å²) < 4.78 is 16.4. The second-order valence-electron chi connectivity index (χ2n) is 4.88. The van der Waals surface area contributed by atoms with Crippen LogP contribution in [0, 0.1) is 5.82 Å². The molecule has 6 heteroatoms. The van der Waals surface area contributed by atoms with Gasteiger partial charge in [0.15, 0.2) is 0 Å². The largest absolute Gasteiger partial charge is 0.389 e. The molecule has 0 unspecified atom stereocenters. The van der Waals surface area contributed by atoms with Gasteiger partial charge in [-0.25, -0.2) is 9.18 Å². The molecule has 20 heavy (non-hydrogen) atoms. The zero-order valence-electron chi connectivity index (χ0n) is 11.3. The molecule has 0 atom stereocenters. The number of rotatable bonds is 4. The molecule has 0 spiro atoms. The number of aromatic nitrogens is 2. The summed E-state index contributed by atoms with van der Waals surface area (Å²) in [7, 11) is 0. The minimum absolute atomic E-state index is 0.0898. The highest BCUT2D eigenvalue weighted by atomic mass is 32.1. The van der Waals surface area contributed by atoms with Crippen molar-refractivity contribution in [1.82, 2.24) is 9.13 Å². The van der Waals surface area contributed by atoms with Crippen LogP contribution in [0.4, 0.5) is 4.39 Å². The average molecular weight is 293 g/mol.